The van der Waals surface area contributed by atoms with Crippen molar-refractivity contribution < 1.29 is 14.4 Å². The summed E-state index contributed by atoms with van der Waals surface area (Å²) in [5, 5.41) is 20.0. The largest absolute Gasteiger partial charge is 0.335 e. The molecule has 0 saturated carbocycles. The maximum atomic E-state index is 12.3. The maximum absolute atomic E-state index is 12.3. The van der Waals surface area contributed by atoms with Gasteiger partial charge in [-0.1, -0.05) is 0 Å². The van der Waals surface area contributed by atoms with E-state index in [1.807, 2.05) is 12.1 Å². The van der Waals surface area contributed by atoms with Gasteiger partial charge in [0.15, 0.2) is 0 Å². The third-order valence-electron chi connectivity index (χ3n) is 3.23. The van der Waals surface area contributed by atoms with Crippen LogP contribution in [0.4, 0.5) is 10.5 Å². The zero-order valence-electron chi connectivity index (χ0n) is 11.3. The second kappa shape index (κ2) is 4.73. The molecule has 1 saturated heterocycles. The van der Waals surface area contributed by atoms with Gasteiger partial charge in [0.05, 0.1) is 16.8 Å². The summed E-state index contributed by atoms with van der Waals surface area (Å²) in [5.74, 6) is -1.37. The number of nitriles is 2. The van der Waals surface area contributed by atoms with Gasteiger partial charge in [-0.05, 0) is 32.0 Å². The molecule has 1 aromatic carbocycles. The highest BCUT2D eigenvalue weighted by molar-refractivity contribution is 6.29. The van der Waals surface area contributed by atoms with Crippen LogP contribution in [-0.2, 0) is 9.59 Å². The molecule has 0 aliphatic carbocycles. The molecule has 7 nitrogen and oxygen atoms in total. The first-order valence-electron chi connectivity index (χ1n) is 5.97. The molecule has 1 aromatic rings. The monoisotopic (exact) mass is 282 g/mol. The lowest BCUT2D eigenvalue weighted by Crippen LogP contribution is -2.62. The molecule has 1 aliphatic rings. The Morgan fingerprint density at radius 2 is 1.71 bits per heavy atom. The van der Waals surface area contributed by atoms with Gasteiger partial charge in [-0.25, -0.2) is 9.69 Å². The predicted molar refractivity (Wildman–Crippen MR) is 70.7 cm³/mol. The standard InChI is InChI=1S/C14H10N4O3/c1-14(2)11(19)17-13(21)18(12(14)20)10-4-3-8(6-15)9(5-10)7-16/h3-5H,1-2H3,(H,17,19,21). The van der Waals surface area contributed by atoms with E-state index in [0.29, 0.717) is 0 Å². The van der Waals surface area contributed by atoms with Crippen molar-refractivity contribution in [2.24, 2.45) is 5.41 Å². The molecule has 0 spiro atoms. The number of imide groups is 2. The highest BCUT2D eigenvalue weighted by Crippen LogP contribution is 2.29. The molecule has 2 rings (SSSR count). The van der Waals surface area contributed by atoms with Crippen LogP contribution in [0.15, 0.2) is 18.2 Å². The van der Waals surface area contributed by atoms with Crippen LogP contribution in [0.3, 0.4) is 0 Å². The smallest absolute Gasteiger partial charge is 0.276 e. The Morgan fingerprint density at radius 3 is 2.29 bits per heavy atom. The first-order chi connectivity index (χ1) is 9.82. The normalized spacial score (nSPS) is 17.0. The number of rotatable bonds is 1. The van der Waals surface area contributed by atoms with Crippen molar-refractivity contribution in [3.63, 3.8) is 0 Å². The molecule has 1 aliphatic heterocycles. The number of nitrogens with zero attached hydrogens (tertiary/aromatic N) is 3. The van der Waals surface area contributed by atoms with Gasteiger partial charge >= 0.3 is 6.03 Å². The second-order valence-corrected chi connectivity index (χ2v) is 4.98. The average Bonchev–Trinajstić information content (AvgIpc) is 2.45. The maximum Gasteiger partial charge on any atom is 0.335 e. The number of hydrogen-bond donors (Lipinski definition) is 1. The van der Waals surface area contributed by atoms with E-state index < -0.39 is 23.3 Å². The van der Waals surface area contributed by atoms with Gasteiger partial charge < -0.3 is 0 Å². The molecule has 0 aromatic heterocycles. The van der Waals surface area contributed by atoms with Crippen LogP contribution in [0.5, 0.6) is 0 Å². The van der Waals surface area contributed by atoms with Crippen LogP contribution in [0.2, 0.25) is 0 Å². The van der Waals surface area contributed by atoms with E-state index in [0.717, 1.165) is 4.90 Å². The minimum absolute atomic E-state index is 0.0466. The Bertz CT molecular complexity index is 752. The summed E-state index contributed by atoms with van der Waals surface area (Å²) in [6.45, 7) is 2.80. The topological polar surface area (TPSA) is 114 Å². The molecule has 1 N–H and O–H groups in total. The minimum atomic E-state index is -1.39. The Hall–Kier alpha value is -3.19. The molecule has 1 fully saturated rings. The molecule has 1 heterocycles. The third-order valence-corrected chi connectivity index (χ3v) is 3.23. The first kappa shape index (κ1) is 14.2. The molecule has 0 atom stereocenters. The summed E-state index contributed by atoms with van der Waals surface area (Å²) >= 11 is 0. The van der Waals surface area contributed by atoms with Gasteiger partial charge in [-0.15, -0.1) is 0 Å². The Balaban J connectivity index is 2.54. The molecular formula is C14H10N4O3. The van der Waals surface area contributed by atoms with Crippen molar-refractivity contribution >= 4 is 23.5 Å². The van der Waals surface area contributed by atoms with Gasteiger partial charge in [0.25, 0.3) is 0 Å². The van der Waals surface area contributed by atoms with Gasteiger partial charge in [0.1, 0.15) is 17.6 Å². The van der Waals surface area contributed by atoms with Crippen molar-refractivity contribution in [2.75, 3.05) is 4.90 Å². The van der Waals surface area contributed by atoms with Crippen LogP contribution in [0.25, 0.3) is 0 Å². The SMILES string of the molecule is CC1(C)C(=O)NC(=O)N(c2ccc(C#N)c(C#N)c2)C1=O. The summed E-state index contributed by atoms with van der Waals surface area (Å²) < 4.78 is 0. The van der Waals surface area contributed by atoms with Gasteiger partial charge in [0.2, 0.25) is 11.8 Å². The second-order valence-electron chi connectivity index (χ2n) is 4.98. The van der Waals surface area contributed by atoms with Crippen LogP contribution in [-0.4, -0.2) is 17.8 Å². The van der Waals surface area contributed by atoms with E-state index in [2.05, 4.69) is 5.32 Å². The number of amides is 4. The number of carbonyl (C=O) groups is 3. The summed E-state index contributed by atoms with van der Waals surface area (Å²) in [6, 6.07) is 6.78. The lowest BCUT2D eigenvalue weighted by Gasteiger charge is -2.34. The quantitative estimate of drug-likeness (QED) is 0.773. The third kappa shape index (κ3) is 2.11. The Kier molecular flexibility index (Phi) is 3.20. The molecule has 0 bridgehead atoms. The fourth-order valence-electron chi connectivity index (χ4n) is 1.87. The number of urea groups is 1. The zero-order chi connectivity index (χ0) is 15.8. The Labute approximate surface area is 120 Å². The lowest BCUT2D eigenvalue weighted by atomic mass is 9.88. The van der Waals surface area contributed by atoms with Crippen molar-refractivity contribution in [3.05, 3.63) is 29.3 Å². The summed E-state index contributed by atoms with van der Waals surface area (Å²) in [5.41, 5.74) is -1.07. The number of benzene rings is 1. The highest BCUT2D eigenvalue weighted by Gasteiger charge is 2.47. The van der Waals surface area contributed by atoms with E-state index in [1.165, 1.54) is 32.0 Å². The predicted octanol–water partition coefficient (Wildman–Crippen LogP) is 1.04. The Morgan fingerprint density at radius 1 is 1.10 bits per heavy atom. The fraction of sp³-hybridized carbons (Fsp3) is 0.214. The van der Waals surface area contributed by atoms with Crippen LogP contribution >= 0.6 is 0 Å². The highest BCUT2D eigenvalue weighted by atomic mass is 16.2. The van der Waals surface area contributed by atoms with Crippen LogP contribution in [0, 0.1) is 28.1 Å². The van der Waals surface area contributed by atoms with E-state index >= 15 is 0 Å². The minimum Gasteiger partial charge on any atom is -0.276 e. The van der Waals surface area contributed by atoms with E-state index in [4.69, 9.17) is 10.5 Å². The number of nitrogens with one attached hydrogen (secondary N) is 1. The molecule has 7 heteroatoms. The fourth-order valence-corrected chi connectivity index (χ4v) is 1.87. The van der Waals surface area contributed by atoms with E-state index in [9.17, 15) is 14.4 Å². The van der Waals surface area contributed by atoms with Crippen LogP contribution in [0.1, 0.15) is 25.0 Å². The first-order valence-corrected chi connectivity index (χ1v) is 5.97. The molecule has 104 valence electrons. The summed E-state index contributed by atoms with van der Waals surface area (Å²) in [6.07, 6.45) is 0. The molecule has 4 amide bonds. The summed E-state index contributed by atoms with van der Waals surface area (Å²) in [7, 11) is 0. The van der Waals surface area contributed by atoms with Crippen molar-refractivity contribution in [1.29, 1.82) is 10.5 Å². The molecule has 0 unspecified atom stereocenters. The van der Waals surface area contributed by atoms with Gasteiger partial charge in [0, 0.05) is 0 Å². The van der Waals surface area contributed by atoms with E-state index in [-0.39, 0.29) is 16.8 Å². The van der Waals surface area contributed by atoms with Crippen molar-refractivity contribution in [3.8, 4) is 12.1 Å². The number of barbiturate groups is 1. The average molecular weight is 282 g/mol. The van der Waals surface area contributed by atoms with Crippen molar-refractivity contribution in [1.82, 2.24) is 5.32 Å². The zero-order valence-corrected chi connectivity index (χ0v) is 11.3. The van der Waals surface area contributed by atoms with Gasteiger partial charge in [-0.2, -0.15) is 10.5 Å². The van der Waals surface area contributed by atoms with Crippen LogP contribution < -0.4 is 10.2 Å². The van der Waals surface area contributed by atoms with Crippen molar-refractivity contribution in [2.45, 2.75) is 13.8 Å². The molecule has 0 radical (unpaired) electrons. The lowest BCUT2D eigenvalue weighted by molar-refractivity contribution is -0.140. The number of carbonyl (C=O) groups excluding carboxylic acids is 3. The van der Waals surface area contributed by atoms with E-state index in [1.54, 1.807) is 0 Å². The van der Waals surface area contributed by atoms with Gasteiger partial charge in [-0.3, -0.25) is 14.9 Å². The number of hydrogen-bond acceptors (Lipinski definition) is 5. The molecule has 21 heavy (non-hydrogen) atoms. The molecular weight excluding hydrogens is 272 g/mol. The summed E-state index contributed by atoms with van der Waals surface area (Å²) in [4.78, 5) is 36.7. The number of anilines is 1.